The molecule has 0 fully saturated rings. The van der Waals surface area contributed by atoms with E-state index in [9.17, 15) is 13.2 Å². The van der Waals surface area contributed by atoms with Crippen molar-refractivity contribution < 1.29 is 37.1 Å². The molecule has 0 spiro atoms. The molecule has 0 radical (unpaired) electrons. The van der Waals surface area contributed by atoms with Crippen LogP contribution >= 0.6 is 0 Å². The summed E-state index contributed by atoms with van der Waals surface area (Å²) in [5, 5.41) is 9.10. The van der Waals surface area contributed by atoms with Gasteiger partial charge in [0.05, 0.1) is 20.5 Å². The van der Waals surface area contributed by atoms with Crippen LogP contribution in [0.5, 0.6) is 17.2 Å². The normalized spacial score (nSPS) is 10.3. The third kappa shape index (κ3) is 7.41. The average Bonchev–Trinajstić information content (AvgIpc) is 2.58. The van der Waals surface area contributed by atoms with Gasteiger partial charge >= 0.3 is 5.97 Å². The van der Waals surface area contributed by atoms with E-state index in [1.165, 1.54) is 6.07 Å². The molecule has 0 aliphatic heterocycles. The van der Waals surface area contributed by atoms with Crippen LogP contribution < -0.4 is 14.2 Å². The summed E-state index contributed by atoms with van der Waals surface area (Å²) in [5.41, 5.74) is 0.991. The zero-order valence-corrected chi connectivity index (χ0v) is 15.3. The van der Waals surface area contributed by atoms with Gasteiger partial charge in [-0.2, -0.15) is 8.42 Å². The van der Waals surface area contributed by atoms with Crippen LogP contribution in [0, 0.1) is 0 Å². The molecule has 0 amide bonds. The van der Waals surface area contributed by atoms with Crippen LogP contribution in [0.25, 0.3) is 0 Å². The molecule has 0 atom stereocenters. The SMILES string of the molecule is COc1ccc(COc2ccccc2C(=O)O)cc1OC.CS(=O)(=O)O. The van der Waals surface area contributed by atoms with Gasteiger partial charge in [-0.15, -0.1) is 0 Å². The van der Waals surface area contributed by atoms with Crippen molar-refractivity contribution in [3.63, 3.8) is 0 Å². The van der Waals surface area contributed by atoms with Gasteiger partial charge in [-0.25, -0.2) is 4.79 Å². The molecule has 0 saturated carbocycles. The predicted octanol–water partition coefficient (Wildman–Crippen LogP) is 2.49. The number of ether oxygens (including phenoxy) is 3. The lowest BCUT2D eigenvalue weighted by atomic mass is 10.2. The third-order valence-electron chi connectivity index (χ3n) is 2.96. The first kappa shape index (κ1) is 21.3. The van der Waals surface area contributed by atoms with Gasteiger partial charge < -0.3 is 19.3 Å². The van der Waals surface area contributed by atoms with Gasteiger partial charge in [-0.1, -0.05) is 18.2 Å². The van der Waals surface area contributed by atoms with Crippen molar-refractivity contribution in [1.29, 1.82) is 0 Å². The van der Waals surface area contributed by atoms with Gasteiger partial charge in [0.25, 0.3) is 10.1 Å². The number of para-hydroxylation sites is 1. The van der Waals surface area contributed by atoms with Crippen LogP contribution in [0.4, 0.5) is 0 Å². The fourth-order valence-corrected chi connectivity index (χ4v) is 1.90. The molecule has 9 heteroatoms. The summed E-state index contributed by atoms with van der Waals surface area (Å²) in [5.74, 6) is 0.551. The largest absolute Gasteiger partial charge is 0.493 e. The number of methoxy groups -OCH3 is 2. The minimum absolute atomic E-state index is 0.137. The van der Waals surface area contributed by atoms with Gasteiger partial charge in [0.1, 0.15) is 17.9 Å². The first-order chi connectivity index (χ1) is 12.2. The third-order valence-corrected chi connectivity index (χ3v) is 2.96. The highest BCUT2D eigenvalue weighted by molar-refractivity contribution is 7.85. The number of hydrogen-bond acceptors (Lipinski definition) is 6. The second-order valence-corrected chi connectivity index (χ2v) is 6.48. The zero-order chi connectivity index (χ0) is 19.7. The topological polar surface area (TPSA) is 119 Å². The van der Waals surface area contributed by atoms with Crippen molar-refractivity contribution in [3.8, 4) is 17.2 Å². The average molecular weight is 384 g/mol. The van der Waals surface area contributed by atoms with Crippen LogP contribution in [-0.4, -0.2) is 44.5 Å². The molecular formula is C17H20O8S. The smallest absolute Gasteiger partial charge is 0.339 e. The molecular weight excluding hydrogens is 364 g/mol. The fourth-order valence-electron chi connectivity index (χ4n) is 1.90. The van der Waals surface area contributed by atoms with E-state index in [1.807, 2.05) is 6.07 Å². The molecule has 0 aliphatic carbocycles. The van der Waals surface area contributed by atoms with E-state index in [-0.39, 0.29) is 12.2 Å². The highest BCUT2D eigenvalue weighted by Gasteiger charge is 2.11. The van der Waals surface area contributed by atoms with E-state index in [4.69, 9.17) is 23.9 Å². The number of rotatable bonds is 6. The first-order valence-electron chi connectivity index (χ1n) is 7.24. The number of benzene rings is 2. The van der Waals surface area contributed by atoms with Crippen molar-refractivity contribution in [2.45, 2.75) is 6.61 Å². The Bertz CT molecular complexity index is 838. The van der Waals surface area contributed by atoms with Crippen LogP contribution in [0.2, 0.25) is 0 Å². The van der Waals surface area contributed by atoms with Crippen LogP contribution in [0.1, 0.15) is 15.9 Å². The second kappa shape index (κ2) is 9.64. The maximum atomic E-state index is 11.1. The Hall–Kier alpha value is -2.78. The van der Waals surface area contributed by atoms with Crippen molar-refractivity contribution in [3.05, 3.63) is 53.6 Å². The molecule has 2 aromatic rings. The summed E-state index contributed by atoms with van der Waals surface area (Å²) in [7, 11) is -0.542. The Balaban J connectivity index is 0.000000597. The minimum atomic E-state index is -3.67. The molecule has 0 saturated heterocycles. The molecule has 0 bridgehead atoms. The Morgan fingerprint density at radius 3 is 2.12 bits per heavy atom. The lowest BCUT2D eigenvalue weighted by molar-refractivity contribution is 0.0691. The van der Waals surface area contributed by atoms with Gasteiger partial charge in [0, 0.05) is 0 Å². The number of carboxylic acid groups (broad SMARTS) is 1. The Morgan fingerprint density at radius 2 is 1.58 bits per heavy atom. The van der Waals surface area contributed by atoms with Crippen molar-refractivity contribution >= 4 is 16.1 Å². The van der Waals surface area contributed by atoms with E-state index < -0.39 is 16.1 Å². The molecule has 2 aromatic carbocycles. The number of carbonyl (C=O) groups is 1. The summed E-state index contributed by atoms with van der Waals surface area (Å²) in [4.78, 5) is 11.1. The predicted molar refractivity (Wildman–Crippen MR) is 94.8 cm³/mol. The number of aromatic carboxylic acids is 1. The van der Waals surface area contributed by atoms with Crippen LogP contribution in [0.15, 0.2) is 42.5 Å². The molecule has 8 nitrogen and oxygen atoms in total. The number of carboxylic acids is 1. The molecule has 0 aromatic heterocycles. The fraction of sp³-hybridized carbons (Fsp3) is 0.235. The van der Waals surface area contributed by atoms with Crippen molar-refractivity contribution in [2.24, 2.45) is 0 Å². The maximum Gasteiger partial charge on any atom is 0.339 e. The van der Waals surface area contributed by atoms with Crippen molar-refractivity contribution in [2.75, 3.05) is 20.5 Å². The molecule has 142 valence electrons. The Kier molecular flexibility index (Phi) is 7.88. The maximum absolute atomic E-state index is 11.1. The standard InChI is InChI=1S/C16H16O5.CH4O3S/c1-19-14-8-7-11(9-15(14)20-2)10-21-13-6-4-3-5-12(13)16(17)18;1-5(2,3)4/h3-9H,10H2,1-2H3,(H,17,18);1H3,(H,2,3,4). The van der Waals surface area contributed by atoms with E-state index in [0.29, 0.717) is 23.5 Å². The van der Waals surface area contributed by atoms with Gasteiger partial charge in [0.2, 0.25) is 0 Å². The summed E-state index contributed by atoms with van der Waals surface area (Å²) in [6, 6.07) is 11.9. The van der Waals surface area contributed by atoms with Gasteiger partial charge in [-0.3, -0.25) is 4.55 Å². The molecule has 2 N–H and O–H groups in total. The summed E-state index contributed by atoms with van der Waals surface area (Å²) < 4.78 is 41.8. The summed E-state index contributed by atoms with van der Waals surface area (Å²) >= 11 is 0. The monoisotopic (exact) mass is 384 g/mol. The first-order valence-corrected chi connectivity index (χ1v) is 9.09. The van der Waals surface area contributed by atoms with E-state index in [0.717, 1.165) is 5.56 Å². The van der Waals surface area contributed by atoms with Crippen LogP contribution in [0.3, 0.4) is 0 Å². The van der Waals surface area contributed by atoms with Gasteiger partial charge in [0.15, 0.2) is 11.5 Å². The number of hydrogen-bond donors (Lipinski definition) is 2. The molecule has 26 heavy (non-hydrogen) atoms. The summed E-state index contributed by atoms with van der Waals surface area (Å²) in [6.45, 7) is 0.241. The highest BCUT2D eigenvalue weighted by Crippen LogP contribution is 2.28. The lowest BCUT2D eigenvalue weighted by Crippen LogP contribution is -2.03. The van der Waals surface area contributed by atoms with E-state index >= 15 is 0 Å². The quantitative estimate of drug-likeness (QED) is 0.729. The van der Waals surface area contributed by atoms with Gasteiger partial charge in [-0.05, 0) is 29.8 Å². The second-order valence-electron chi connectivity index (χ2n) is 5.01. The zero-order valence-electron chi connectivity index (χ0n) is 14.5. The van der Waals surface area contributed by atoms with E-state index in [1.54, 1.807) is 44.6 Å². The molecule has 0 aliphatic rings. The minimum Gasteiger partial charge on any atom is -0.493 e. The lowest BCUT2D eigenvalue weighted by Gasteiger charge is -2.11. The molecule has 0 heterocycles. The van der Waals surface area contributed by atoms with E-state index in [2.05, 4.69) is 0 Å². The Morgan fingerprint density at radius 1 is 1.00 bits per heavy atom. The Labute approximate surface area is 151 Å². The van der Waals surface area contributed by atoms with Crippen molar-refractivity contribution in [1.82, 2.24) is 0 Å². The highest BCUT2D eigenvalue weighted by atomic mass is 32.2. The van der Waals surface area contributed by atoms with Crippen LogP contribution in [-0.2, 0) is 16.7 Å². The molecule has 2 rings (SSSR count). The molecule has 0 unspecified atom stereocenters. The summed E-state index contributed by atoms with van der Waals surface area (Å²) in [6.07, 6.45) is 0.715.